The Balaban J connectivity index is 1.47. The van der Waals surface area contributed by atoms with Crippen LogP contribution in [0.4, 0.5) is 0 Å². The molecule has 0 aliphatic rings. The molecule has 8 nitrogen and oxygen atoms in total. The van der Waals surface area contributed by atoms with Crippen molar-refractivity contribution in [3.8, 4) is 17.4 Å². The second-order valence-corrected chi connectivity index (χ2v) is 7.29. The van der Waals surface area contributed by atoms with Gasteiger partial charge in [-0.1, -0.05) is 25.1 Å². The van der Waals surface area contributed by atoms with E-state index in [1.165, 1.54) is 0 Å². The molecule has 3 aromatic rings. The van der Waals surface area contributed by atoms with Crippen molar-refractivity contribution in [1.82, 2.24) is 20.8 Å². The van der Waals surface area contributed by atoms with Crippen LogP contribution >= 0.6 is 0 Å². The van der Waals surface area contributed by atoms with Gasteiger partial charge in [-0.05, 0) is 42.7 Å². The Morgan fingerprint density at radius 2 is 1.75 bits per heavy atom. The summed E-state index contributed by atoms with van der Waals surface area (Å²) < 4.78 is 16.4. The summed E-state index contributed by atoms with van der Waals surface area (Å²) in [6.07, 6.45) is 3.88. The standard InChI is InChI=1S/C24H31N5O3/c1-5-18(6-2)22-13-21(32-29-22)16-28-24(25-3)27-15-17-7-12-23(26-14-17)31-20-10-8-19(30-4)9-11-20/h7-14,18H,5-6,15-16H2,1-4H3,(H2,25,27,28). The van der Waals surface area contributed by atoms with E-state index in [1.807, 2.05) is 42.5 Å². The van der Waals surface area contributed by atoms with Crippen LogP contribution in [-0.2, 0) is 13.1 Å². The second kappa shape index (κ2) is 11.7. The molecule has 3 rings (SSSR count). The molecule has 0 aliphatic carbocycles. The zero-order chi connectivity index (χ0) is 22.8. The monoisotopic (exact) mass is 437 g/mol. The number of benzene rings is 1. The lowest BCUT2D eigenvalue weighted by molar-refractivity contribution is 0.368. The molecule has 170 valence electrons. The highest BCUT2D eigenvalue weighted by Crippen LogP contribution is 2.23. The molecule has 2 aromatic heterocycles. The van der Waals surface area contributed by atoms with Crippen LogP contribution in [0.5, 0.6) is 17.4 Å². The molecule has 8 heteroatoms. The predicted octanol–water partition coefficient (Wildman–Crippen LogP) is 4.64. The van der Waals surface area contributed by atoms with Crippen LogP contribution in [0.2, 0.25) is 0 Å². The number of methoxy groups -OCH3 is 1. The summed E-state index contributed by atoms with van der Waals surface area (Å²) in [6, 6.07) is 13.2. The number of nitrogens with zero attached hydrogens (tertiary/aromatic N) is 3. The molecule has 0 atom stereocenters. The van der Waals surface area contributed by atoms with Crippen molar-refractivity contribution in [2.24, 2.45) is 4.99 Å². The Kier molecular flexibility index (Phi) is 8.48. The number of aliphatic imine (C=N–C) groups is 1. The molecule has 0 bridgehead atoms. The molecule has 0 aliphatic heterocycles. The zero-order valence-electron chi connectivity index (χ0n) is 19.1. The van der Waals surface area contributed by atoms with E-state index in [2.05, 4.69) is 39.6 Å². The summed E-state index contributed by atoms with van der Waals surface area (Å²) in [5.74, 6) is 3.91. The molecule has 2 heterocycles. The zero-order valence-corrected chi connectivity index (χ0v) is 19.1. The maximum Gasteiger partial charge on any atom is 0.219 e. The number of aromatic nitrogens is 2. The minimum atomic E-state index is 0.439. The number of hydrogen-bond acceptors (Lipinski definition) is 6. The van der Waals surface area contributed by atoms with E-state index in [0.717, 1.165) is 35.6 Å². The Bertz CT molecular complexity index is 980. The van der Waals surface area contributed by atoms with Gasteiger partial charge in [-0.25, -0.2) is 4.98 Å². The van der Waals surface area contributed by atoms with Crippen LogP contribution < -0.4 is 20.1 Å². The molecular weight excluding hydrogens is 406 g/mol. The van der Waals surface area contributed by atoms with Gasteiger partial charge in [0.25, 0.3) is 0 Å². The number of hydrogen-bond donors (Lipinski definition) is 2. The SMILES string of the molecule is CCC(CC)c1cc(CNC(=NC)NCc2ccc(Oc3ccc(OC)cc3)nc2)on1. The minimum absolute atomic E-state index is 0.439. The highest BCUT2D eigenvalue weighted by Gasteiger charge is 2.13. The predicted molar refractivity (Wildman–Crippen MR) is 124 cm³/mol. The Labute approximate surface area is 189 Å². The second-order valence-electron chi connectivity index (χ2n) is 7.29. The maximum absolute atomic E-state index is 5.76. The van der Waals surface area contributed by atoms with Gasteiger partial charge < -0.3 is 24.6 Å². The van der Waals surface area contributed by atoms with Gasteiger partial charge in [0, 0.05) is 37.8 Å². The third-order valence-electron chi connectivity index (χ3n) is 5.17. The topological polar surface area (TPSA) is 93.8 Å². The van der Waals surface area contributed by atoms with Gasteiger partial charge in [-0.2, -0.15) is 0 Å². The molecule has 0 saturated carbocycles. The van der Waals surface area contributed by atoms with E-state index in [9.17, 15) is 0 Å². The van der Waals surface area contributed by atoms with Crippen molar-refractivity contribution >= 4 is 5.96 Å². The van der Waals surface area contributed by atoms with Crippen molar-refractivity contribution in [1.29, 1.82) is 0 Å². The molecule has 0 unspecified atom stereocenters. The highest BCUT2D eigenvalue weighted by molar-refractivity contribution is 5.79. The van der Waals surface area contributed by atoms with Gasteiger partial charge in [-0.15, -0.1) is 0 Å². The molecule has 0 saturated heterocycles. The largest absolute Gasteiger partial charge is 0.497 e. The quantitative estimate of drug-likeness (QED) is 0.352. The summed E-state index contributed by atoms with van der Waals surface area (Å²) in [5.41, 5.74) is 2.02. The first-order valence-corrected chi connectivity index (χ1v) is 10.8. The Morgan fingerprint density at radius 3 is 2.38 bits per heavy atom. The van der Waals surface area contributed by atoms with Crippen LogP contribution in [0.15, 0.2) is 58.2 Å². The number of nitrogens with one attached hydrogen (secondary N) is 2. The molecule has 2 N–H and O–H groups in total. The first-order chi connectivity index (χ1) is 15.6. The molecule has 1 aromatic carbocycles. The fraction of sp³-hybridized carbons (Fsp3) is 0.375. The van der Waals surface area contributed by atoms with Crippen molar-refractivity contribution in [3.63, 3.8) is 0 Å². The van der Waals surface area contributed by atoms with Gasteiger partial charge >= 0.3 is 0 Å². The summed E-state index contributed by atoms with van der Waals surface area (Å²) >= 11 is 0. The number of guanidine groups is 1. The lowest BCUT2D eigenvalue weighted by Crippen LogP contribution is -2.36. The Hall–Kier alpha value is -3.55. The van der Waals surface area contributed by atoms with Crippen molar-refractivity contribution in [2.45, 2.75) is 45.7 Å². The molecule has 0 amide bonds. The van der Waals surface area contributed by atoms with E-state index in [-0.39, 0.29) is 0 Å². The number of rotatable bonds is 10. The third-order valence-corrected chi connectivity index (χ3v) is 5.17. The molecule has 0 radical (unpaired) electrons. The van der Waals surface area contributed by atoms with E-state index >= 15 is 0 Å². The van der Waals surface area contributed by atoms with Gasteiger partial charge in [0.05, 0.1) is 19.3 Å². The molecule has 0 spiro atoms. The lowest BCUT2D eigenvalue weighted by atomic mass is 9.99. The molecular formula is C24H31N5O3. The smallest absolute Gasteiger partial charge is 0.219 e. The number of pyridine rings is 1. The highest BCUT2D eigenvalue weighted by atomic mass is 16.5. The summed E-state index contributed by atoms with van der Waals surface area (Å²) in [6.45, 7) is 5.42. The van der Waals surface area contributed by atoms with Crippen LogP contribution in [0.25, 0.3) is 0 Å². The van der Waals surface area contributed by atoms with E-state index < -0.39 is 0 Å². The van der Waals surface area contributed by atoms with Crippen LogP contribution in [0.1, 0.15) is 49.6 Å². The first kappa shape index (κ1) is 23.1. The van der Waals surface area contributed by atoms with Crippen molar-refractivity contribution < 1.29 is 14.0 Å². The molecule has 32 heavy (non-hydrogen) atoms. The minimum Gasteiger partial charge on any atom is -0.497 e. The summed E-state index contributed by atoms with van der Waals surface area (Å²) in [5, 5.41) is 10.7. The van der Waals surface area contributed by atoms with E-state index in [4.69, 9.17) is 14.0 Å². The van der Waals surface area contributed by atoms with Gasteiger partial charge in [0.2, 0.25) is 5.88 Å². The van der Waals surface area contributed by atoms with Crippen LogP contribution in [-0.4, -0.2) is 30.3 Å². The summed E-state index contributed by atoms with van der Waals surface area (Å²) in [7, 11) is 3.36. The van der Waals surface area contributed by atoms with Crippen LogP contribution in [0, 0.1) is 0 Å². The van der Waals surface area contributed by atoms with Crippen LogP contribution in [0.3, 0.4) is 0 Å². The average Bonchev–Trinajstić information content (AvgIpc) is 3.30. The summed E-state index contributed by atoms with van der Waals surface area (Å²) in [4.78, 5) is 8.63. The lowest BCUT2D eigenvalue weighted by Gasteiger charge is -2.11. The first-order valence-electron chi connectivity index (χ1n) is 10.8. The molecule has 0 fully saturated rings. The van der Waals surface area contributed by atoms with E-state index in [1.54, 1.807) is 20.4 Å². The maximum atomic E-state index is 5.76. The fourth-order valence-corrected chi connectivity index (χ4v) is 3.23. The van der Waals surface area contributed by atoms with Gasteiger partial charge in [-0.3, -0.25) is 4.99 Å². The fourth-order valence-electron chi connectivity index (χ4n) is 3.23. The van der Waals surface area contributed by atoms with Crippen molar-refractivity contribution in [2.75, 3.05) is 14.2 Å². The Morgan fingerprint density at radius 1 is 1.03 bits per heavy atom. The van der Waals surface area contributed by atoms with Crippen molar-refractivity contribution in [3.05, 3.63) is 65.7 Å². The number of ether oxygens (including phenoxy) is 2. The van der Waals surface area contributed by atoms with Gasteiger partial charge in [0.1, 0.15) is 11.5 Å². The van der Waals surface area contributed by atoms with Gasteiger partial charge in [0.15, 0.2) is 11.7 Å². The average molecular weight is 438 g/mol. The third kappa shape index (κ3) is 6.47. The van der Waals surface area contributed by atoms with E-state index in [0.29, 0.717) is 36.6 Å². The normalized spacial score (nSPS) is 11.5.